The van der Waals surface area contributed by atoms with E-state index >= 15 is 0 Å². The lowest BCUT2D eigenvalue weighted by Gasteiger charge is -2.18. The molecule has 0 aromatic rings. The number of carbonyl (C=O) groups is 1. The molecule has 1 aliphatic carbocycles. The van der Waals surface area contributed by atoms with E-state index < -0.39 is 0 Å². The third-order valence-corrected chi connectivity index (χ3v) is 3.35. The number of aliphatic hydroxyl groups excluding tert-OH is 1. The molecule has 1 aliphatic rings. The molecule has 114 valence electrons. The summed E-state index contributed by atoms with van der Waals surface area (Å²) >= 11 is 0. The van der Waals surface area contributed by atoms with Crippen LogP contribution >= 0.6 is 12.4 Å². The van der Waals surface area contributed by atoms with Gasteiger partial charge in [0.2, 0.25) is 5.91 Å². The number of rotatable bonds is 10. The first kappa shape index (κ1) is 18.7. The molecule has 5 heteroatoms. The van der Waals surface area contributed by atoms with Crippen molar-refractivity contribution in [2.24, 2.45) is 17.8 Å². The first-order valence-electron chi connectivity index (χ1n) is 7.20. The molecule has 1 rings (SSSR count). The second-order valence-electron chi connectivity index (χ2n) is 5.89. The maximum absolute atomic E-state index is 11.6. The Labute approximate surface area is 123 Å². The molecule has 0 radical (unpaired) electrons. The fraction of sp³-hybridized carbons (Fsp3) is 0.929. The molecule has 1 unspecified atom stereocenters. The van der Waals surface area contributed by atoms with E-state index in [1.165, 1.54) is 12.8 Å². The van der Waals surface area contributed by atoms with Gasteiger partial charge in [0.25, 0.3) is 0 Å². The zero-order valence-electron chi connectivity index (χ0n) is 12.2. The molecule has 0 aromatic heterocycles. The average Bonchev–Trinajstić information content (AvgIpc) is 3.09. The van der Waals surface area contributed by atoms with Crippen LogP contribution in [-0.4, -0.2) is 37.3 Å². The van der Waals surface area contributed by atoms with E-state index in [4.69, 9.17) is 5.11 Å². The molecular weight excluding hydrogens is 264 g/mol. The van der Waals surface area contributed by atoms with E-state index in [0.29, 0.717) is 24.9 Å². The molecule has 0 heterocycles. The molecule has 0 saturated heterocycles. The Bertz CT molecular complexity index is 246. The predicted octanol–water partition coefficient (Wildman–Crippen LogP) is 1.57. The predicted molar refractivity (Wildman–Crippen MR) is 80.5 cm³/mol. The number of aliphatic hydroxyl groups is 1. The van der Waals surface area contributed by atoms with E-state index in [1.807, 2.05) is 0 Å². The maximum Gasteiger partial charge on any atom is 0.233 e. The highest BCUT2D eigenvalue weighted by Gasteiger charge is 2.20. The van der Waals surface area contributed by atoms with Crippen LogP contribution < -0.4 is 10.6 Å². The monoisotopic (exact) mass is 292 g/mol. The van der Waals surface area contributed by atoms with Crippen LogP contribution in [0.4, 0.5) is 0 Å². The SMILES string of the molecule is CC(C)CC(CCO)CNC(=O)CNCC1CC1.Cl. The van der Waals surface area contributed by atoms with Crippen LogP contribution in [0.2, 0.25) is 0 Å². The summed E-state index contributed by atoms with van der Waals surface area (Å²) in [4.78, 5) is 11.6. The number of halogens is 1. The molecular formula is C14H29ClN2O2. The highest BCUT2D eigenvalue weighted by molar-refractivity contribution is 5.85. The second kappa shape index (κ2) is 10.5. The summed E-state index contributed by atoms with van der Waals surface area (Å²) in [6, 6.07) is 0. The number of hydrogen-bond acceptors (Lipinski definition) is 3. The smallest absolute Gasteiger partial charge is 0.233 e. The zero-order chi connectivity index (χ0) is 13.4. The van der Waals surface area contributed by atoms with E-state index in [-0.39, 0.29) is 24.9 Å². The number of carbonyl (C=O) groups excluding carboxylic acids is 1. The first-order valence-corrected chi connectivity index (χ1v) is 7.20. The minimum absolute atomic E-state index is 0. The van der Waals surface area contributed by atoms with Crippen molar-refractivity contribution >= 4 is 18.3 Å². The third-order valence-electron chi connectivity index (χ3n) is 3.35. The molecule has 0 spiro atoms. The molecule has 1 saturated carbocycles. The lowest BCUT2D eigenvalue weighted by atomic mass is 9.94. The van der Waals surface area contributed by atoms with Gasteiger partial charge in [0, 0.05) is 13.2 Å². The van der Waals surface area contributed by atoms with Gasteiger partial charge in [0.15, 0.2) is 0 Å². The molecule has 3 N–H and O–H groups in total. The van der Waals surface area contributed by atoms with Crippen LogP contribution in [0.25, 0.3) is 0 Å². The van der Waals surface area contributed by atoms with Gasteiger partial charge in [-0.2, -0.15) is 0 Å². The highest BCUT2D eigenvalue weighted by Crippen LogP contribution is 2.27. The molecule has 0 aromatic carbocycles. The van der Waals surface area contributed by atoms with E-state index in [0.717, 1.165) is 25.3 Å². The third kappa shape index (κ3) is 10.2. The first-order chi connectivity index (χ1) is 8.61. The minimum Gasteiger partial charge on any atom is -0.396 e. The van der Waals surface area contributed by atoms with Gasteiger partial charge in [-0.15, -0.1) is 12.4 Å². The fourth-order valence-corrected chi connectivity index (χ4v) is 2.18. The van der Waals surface area contributed by atoms with Crippen LogP contribution in [-0.2, 0) is 4.79 Å². The Morgan fingerprint density at radius 3 is 2.58 bits per heavy atom. The van der Waals surface area contributed by atoms with Crippen molar-refractivity contribution in [3.63, 3.8) is 0 Å². The lowest BCUT2D eigenvalue weighted by Crippen LogP contribution is -2.37. The number of nitrogens with one attached hydrogen (secondary N) is 2. The Hall–Kier alpha value is -0.320. The van der Waals surface area contributed by atoms with E-state index in [9.17, 15) is 4.79 Å². The normalized spacial score (nSPS) is 16.0. The zero-order valence-corrected chi connectivity index (χ0v) is 13.0. The molecule has 0 aliphatic heterocycles. The highest BCUT2D eigenvalue weighted by atomic mass is 35.5. The fourth-order valence-electron chi connectivity index (χ4n) is 2.18. The van der Waals surface area contributed by atoms with Gasteiger partial charge in [-0.05, 0) is 50.0 Å². The molecule has 1 amide bonds. The van der Waals surface area contributed by atoms with Crippen molar-refractivity contribution in [3.8, 4) is 0 Å². The Balaban J connectivity index is 0.00000324. The maximum atomic E-state index is 11.6. The molecule has 0 bridgehead atoms. The van der Waals surface area contributed by atoms with Crippen LogP contribution in [0, 0.1) is 17.8 Å². The average molecular weight is 293 g/mol. The van der Waals surface area contributed by atoms with Gasteiger partial charge < -0.3 is 15.7 Å². The molecule has 19 heavy (non-hydrogen) atoms. The standard InChI is InChI=1S/C14H28N2O2.ClH/c1-11(2)7-13(5-6-17)9-16-14(18)10-15-8-12-3-4-12;/h11-13,15,17H,3-10H2,1-2H3,(H,16,18);1H. The van der Waals surface area contributed by atoms with Crippen LogP contribution in [0.3, 0.4) is 0 Å². The van der Waals surface area contributed by atoms with Gasteiger partial charge >= 0.3 is 0 Å². The van der Waals surface area contributed by atoms with Gasteiger partial charge in [-0.3, -0.25) is 4.79 Å². The van der Waals surface area contributed by atoms with Crippen LogP contribution in [0.15, 0.2) is 0 Å². The summed E-state index contributed by atoms with van der Waals surface area (Å²) in [5.41, 5.74) is 0. The van der Waals surface area contributed by atoms with Crippen LogP contribution in [0.5, 0.6) is 0 Å². The van der Waals surface area contributed by atoms with Gasteiger partial charge in [0.1, 0.15) is 0 Å². The van der Waals surface area contributed by atoms with E-state index in [2.05, 4.69) is 24.5 Å². The summed E-state index contributed by atoms with van der Waals surface area (Å²) in [5, 5.41) is 15.1. The van der Waals surface area contributed by atoms with Crippen molar-refractivity contribution in [2.45, 2.75) is 39.5 Å². The van der Waals surface area contributed by atoms with Gasteiger partial charge in [-0.25, -0.2) is 0 Å². The largest absolute Gasteiger partial charge is 0.396 e. The Kier molecular flexibility index (Phi) is 10.3. The quantitative estimate of drug-likeness (QED) is 0.573. The summed E-state index contributed by atoms with van der Waals surface area (Å²) in [6.07, 6.45) is 4.44. The van der Waals surface area contributed by atoms with Gasteiger partial charge in [-0.1, -0.05) is 13.8 Å². The summed E-state index contributed by atoms with van der Waals surface area (Å²) in [7, 11) is 0. The Morgan fingerprint density at radius 1 is 1.37 bits per heavy atom. The molecule has 4 nitrogen and oxygen atoms in total. The topological polar surface area (TPSA) is 61.4 Å². The second-order valence-corrected chi connectivity index (χ2v) is 5.89. The summed E-state index contributed by atoms with van der Waals surface area (Å²) < 4.78 is 0. The lowest BCUT2D eigenvalue weighted by molar-refractivity contribution is -0.120. The van der Waals surface area contributed by atoms with Crippen molar-refractivity contribution in [2.75, 3.05) is 26.2 Å². The molecule has 1 atom stereocenters. The van der Waals surface area contributed by atoms with Crippen molar-refractivity contribution in [1.82, 2.24) is 10.6 Å². The van der Waals surface area contributed by atoms with E-state index in [1.54, 1.807) is 0 Å². The van der Waals surface area contributed by atoms with Crippen molar-refractivity contribution < 1.29 is 9.90 Å². The van der Waals surface area contributed by atoms with Crippen molar-refractivity contribution in [3.05, 3.63) is 0 Å². The molecule has 1 fully saturated rings. The number of hydrogen-bond donors (Lipinski definition) is 3. The van der Waals surface area contributed by atoms with Crippen molar-refractivity contribution in [1.29, 1.82) is 0 Å². The number of amides is 1. The van der Waals surface area contributed by atoms with Crippen LogP contribution in [0.1, 0.15) is 39.5 Å². The van der Waals surface area contributed by atoms with Gasteiger partial charge in [0.05, 0.1) is 6.54 Å². The minimum atomic E-state index is 0. The summed E-state index contributed by atoms with van der Waals surface area (Å²) in [6.45, 7) is 6.62. The Morgan fingerprint density at radius 2 is 2.05 bits per heavy atom. The summed E-state index contributed by atoms with van der Waals surface area (Å²) in [5.74, 6) is 1.87.